The largest absolute Gasteiger partial charge is 0.485 e. The number of hydrogen-bond donors (Lipinski definition) is 1. The lowest BCUT2D eigenvalue weighted by Crippen LogP contribution is -2.42. The molecule has 1 unspecified atom stereocenters. The highest BCUT2D eigenvalue weighted by atomic mass is 19.2. The van der Waals surface area contributed by atoms with Crippen molar-refractivity contribution in [2.45, 2.75) is 6.10 Å². The van der Waals surface area contributed by atoms with E-state index in [1.807, 2.05) is 5.43 Å². The van der Waals surface area contributed by atoms with Crippen LogP contribution in [0.5, 0.6) is 11.5 Å². The molecule has 1 aliphatic rings. The molecule has 0 radical (unpaired) electrons. The van der Waals surface area contributed by atoms with Gasteiger partial charge in [0.1, 0.15) is 6.61 Å². The summed E-state index contributed by atoms with van der Waals surface area (Å²) in [6.07, 6.45) is -0.801. The van der Waals surface area contributed by atoms with Crippen molar-refractivity contribution in [3.8, 4) is 11.5 Å². The molecule has 0 saturated carbocycles. The molecule has 0 aromatic heterocycles. The number of carbonyl (C=O) groups excluding carboxylic acids is 1. The van der Waals surface area contributed by atoms with Gasteiger partial charge in [-0.2, -0.15) is 5.10 Å². The van der Waals surface area contributed by atoms with Gasteiger partial charge in [-0.25, -0.2) is 27.4 Å². The number of hydrogen-bond acceptors (Lipinski definition) is 4. The molecule has 10 heteroatoms. The number of para-hydroxylation sites is 2. The number of benzene rings is 2. The second-order valence-corrected chi connectivity index (χ2v) is 5.08. The molecular formula is C16H9F5N2O3. The fourth-order valence-corrected chi connectivity index (χ4v) is 2.12. The molecule has 0 spiro atoms. The van der Waals surface area contributed by atoms with E-state index < -0.39 is 46.7 Å². The summed E-state index contributed by atoms with van der Waals surface area (Å²) >= 11 is 0. The highest BCUT2D eigenvalue weighted by Crippen LogP contribution is 2.30. The molecule has 1 aliphatic heterocycles. The molecule has 5 nitrogen and oxygen atoms in total. The maximum absolute atomic E-state index is 13.5. The van der Waals surface area contributed by atoms with Crippen molar-refractivity contribution in [1.82, 2.24) is 5.43 Å². The van der Waals surface area contributed by atoms with E-state index >= 15 is 0 Å². The standard InChI is InChI=1S/C16H9F5N2O3/c17-11-7(12(18)14(20)15(21)13(11)19)5-22-23-16(24)10-6-25-8-3-1-2-4-9(8)26-10/h1-5,10H,6H2,(H,23,24). The van der Waals surface area contributed by atoms with Crippen LogP contribution < -0.4 is 14.9 Å². The van der Waals surface area contributed by atoms with E-state index in [2.05, 4.69) is 5.10 Å². The molecule has 1 atom stereocenters. The Hall–Kier alpha value is -3.17. The van der Waals surface area contributed by atoms with Crippen LogP contribution in [-0.2, 0) is 4.79 Å². The van der Waals surface area contributed by atoms with Gasteiger partial charge >= 0.3 is 0 Å². The van der Waals surface area contributed by atoms with Crippen molar-refractivity contribution in [3.05, 3.63) is 58.9 Å². The second-order valence-electron chi connectivity index (χ2n) is 5.08. The molecule has 0 fully saturated rings. The summed E-state index contributed by atoms with van der Waals surface area (Å²) in [5.74, 6) is -10.7. The quantitative estimate of drug-likeness (QED) is 0.296. The van der Waals surface area contributed by atoms with Crippen LogP contribution in [0, 0.1) is 29.1 Å². The van der Waals surface area contributed by atoms with E-state index in [0.717, 1.165) is 0 Å². The Bertz CT molecular complexity index is 875. The van der Waals surface area contributed by atoms with Crippen molar-refractivity contribution < 1.29 is 36.2 Å². The van der Waals surface area contributed by atoms with E-state index in [1.165, 1.54) is 0 Å². The molecular weight excluding hydrogens is 363 g/mol. The molecule has 1 amide bonds. The molecule has 0 aliphatic carbocycles. The fraction of sp³-hybridized carbons (Fsp3) is 0.125. The first-order valence-corrected chi connectivity index (χ1v) is 7.13. The molecule has 1 N–H and O–H groups in total. The van der Waals surface area contributed by atoms with E-state index in [-0.39, 0.29) is 6.61 Å². The summed E-state index contributed by atoms with van der Waals surface area (Å²) in [7, 11) is 0. The summed E-state index contributed by atoms with van der Waals surface area (Å²) in [5, 5.41) is 3.21. The zero-order valence-electron chi connectivity index (χ0n) is 12.7. The first-order chi connectivity index (χ1) is 12.4. The van der Waals surface area contributed by atoms with Crippen molar-refractivity contribution in [1.29, 1.82) is 0 Å². The Balaban J connectivity index is 1.71. The first kappa shape index (κ1) is 17.6. The third-order valence-electron chi connectivity index (χ3n) is 3.41. The minimum atomic E-state index is -2.28. The van der Waals surface area contributed by atoms with Gasteiger partial charge in [-0.05, 0) is 12.1 Å². The van der Waals surface area contributed by atoms with Gasteiger partial charge in [0.25, 0.3) is 5.91 Å². The molecule has 136 valence electrons. The van der Waals surface area contributed by atoms with Crippen LogP contribution in [-0.4, -0.2) is 24.8 Å². The van der Waals surface area contributed by atoms with Gasteiger partial charge in [0.2, 0.25) is 11.9 Å². The van der Waals surface area contributed by atoms with E-state index in [4.69, 9.17) is 9.47 Å². The lowest BCUT2D eigenvalue weighted by atomic mass is 10.2. The number of halogens is 5. The lowest BCUT2D eigenvalue weighted by Gasteiger charge is -2.24. The normalized spacial score (nSPS) is 16.0. The van der Waals surface area contributed by atoms with Gasteiger partial charge in [0.05, 0.1) is 11.8 Å². The number of nitrogens with zero attached hydrogens (tertiary/aromatic N) is 1. The number of ether oxygens (including phenoxy) is 2. The molecule has 0 bridgehead atoms. The molecule has 3 rings (SSSR count). The molecule has 2 aromatic rings. The number of fused-ring (bicyclic) bond motifs is 1. The monoisotopic (exact) mass is 372 g/mol. The number of carbonyl (C=O) groups is 1. The maximum atomic E-state index is 13.5. The van der Waals surface area contributed by atoms with Gasteiger partial charge < -0.3 is 9.47 Å². The minimum Gasteiger partial charge on any atom is -0.485 e. The third-order valence-corrected chi connectivity index (χ3v) is 3.41. The molecule has 2 aromatic carbocycles. The van der Waals surface area contributed by atoms with Crippen LogP contribution in [0.15, 0.2) is 29.4 Å². The van der Waals surface area contributed by atoms with Gasteiger partial charge in [-0.15, -0.1) is 0 Å². The van der Waals surface area contributed by atoms with Crippen molar-refractivity contribution in [3.63, 3.8) is 0 Å². The van der Waals surface area contributed by atoms with Gasteiger partial charge in [0.15, 0.2) is 34.8 Å². The topological polar surface area (TPSA) is 59.9 Å². The summed E-state index contributed by atoms with van der Waals surface area (Å²) in [4.78, 5) is 11.9. The Labute approximate surface area is 143 Å². The number of amides is 1. The predicted molar refractivity (Wildman–Crippen MR) is 78.3 cm³/mol. The highest BCUT2D eigenvalue weighted by molar-refractivity contribution is 5.85. The second kappa shape index (κ2) is 6.98. The smallest absolute Gasteiger partial charge is 0.284 e. The number of nitrogens with one attached hydrogen (secondary N) is 1. The number of rotatable bonds is 3. The highest BCUT2D eigenvalue weighted by Gasteiger charge is 2.28. The minimum absolute atomic E-state index is 0.152. The van der Waals surface area contributed by atoms with Crippen molar-refractivity contribution >= 4 is 12.1 Å². The summed E-state index contributed by atoms with van der Waals surface area (Å²) in [6.45, 7) is -0.152. The first-order valence-electron chi connectivity index (χ1n) is 7.13. The van der Waals surface area contributed by atoms with Crippen LogP contribution in [0.4, 0.5) is 22.0 Å². The van der Waals surface area contributed by atoms with E-state index in [0.29, 0.717) is 17.7 Å². The van der Waals surface area contributed by atoms with Crippen LogP contribution in [0.2, 0.25) is 0 Å². The van der Waals surface area contributed by atoms with E-state index in [9.17, 15) is 26.7 Å². The van der Waals surface area contributed by atoms with Crippen molar-refractivity contribution in [2.75, 3.05) is 6.61 Å². The SMILES string of the molecule is O=C(NN=Cc1c(F)c(F)c(F)c(F)c1F)C1COc2ccccc2O1. The zero-order valence-corrected chi connectivity index (χ0v) is 12.7. The van der Waals surface area contributed by atoms with Crippen LogP contribution in [0.1, 0.15) is 5.56 Å². The molecule has 1 heterocycles. The lowest BCUT2D eigenvalue weighted by molar-refractivity contribution is -0.130. The van der Waals surface area contributed by atoms with E-state index in [1.54, 1.807) is 24.3 Å². The average molecular weight is 372 g/mol. The van der Waals surface area contributed by atoms with Gasteiger partial charge in [-0.1, -0.05) is 12.1 Å². The molecule has 26 heavy (non-hydrogen) atoms. The summed E-state index contributed by atoms with van der Waals surface area (Å²) in [5.41, 5.74) is 0.609. The van der Waals surface area contributed by atoms with Crippen LogP contribution in [0.3, 0.4) is 0 Å². The Morgan fingerprint density at radius 3 is 2.23 bits per heavy atom. The maximum Gasteiger partial charge on any atom is 0.284 e. The zero-order chi connectivity index (χ0) is 18.8. The van der Waals surface area contributed by atoms with Crippen LogP contribution >= 0.6 is 0 Å². The molecule has 0 saturated heterocycles. The van der Waals surface area contributed by atoms with Gasteiger partial charge in [0, 0.05) is 0 Å². The average Bonchev–Trinajstić information content (AvgIpc) is 2.67. The fourth-order valence-electron chi connectivity index (χ4n) is 2.12. The Kier molecular flexibility index (Phi) is 4.74. The summed E-state index contributed by atoms with van der Waals surface area (Å²) < 4.78 is 76.7. The van der Waals surface area contributed by atoms with Crippen LogP contribution in [0.25, 0.3) is 0 Å². The third kappa shape index (κ3) is 3.17. The van der Waals surface area contributed by atoms with Gasteiger partial charge in [-0.3, -0.25) is 4.79 Å². The Morgan fingerprint density at radius 2 is 1.58 bits per heavy atom. The Morgan fingerprint density at radius 1 is 1.00 bits per heavy atom. The number of hydrazone groups is 1. The van der Waals surface area contributed by atoms with Crippen molar-refractivity contribution in [2.24, 2.45) is 5.10 Å². The summed E-state index contributed by atoms with van der Waals surface area (Å²) in [6, 6.07) is 6.55. The predicted octanol–water partition coefficient (Wildman–Crippen LogP) is 2.67.